The van der Waals surface area contributed by atoms with Gasteiger partial charge in [0, 0.05) is 5.92 Å². The molecule has 0 amide bonds. The van der Waals surface area contributed by atoms with E-state index in [1.165, 1.54) is 25.7 Å². The van der Waals surface area contributed by atoms with Crippen molar-refractivity contribution in [3.63, 3.8) is 0 Å². The number of halogens is 3. The van der Waals surface area contributed by atoms with E-state index in [-0.39, 0.29) is 5.92 Å². The molecule has 0 nitrogen and oxygen atoms in total. The van der Waals surface area contributed by atoms with Crippen molar-refractivity contribution in [3.05, 3.63) is 0 Å². The maximum Gasteiger partial charge on any atom is 0.241 e. The Morgan fingerprint density at radius 1 is 1.05 bits per heavy atom. The average Bonchev–Trinajstić information content (AvgIpc) is 2.79. The lowest BCUT2D eigenvalue weighted by atomic mass is 9.63. The number of rotatable bonds is 7. The topological polar surface area (TPSA) is 0 Å². The molecule has 0 aromatic rings. The van der Waals surface area contributed by atoms with Crippen LogP contribution in [-0.2, 0) is 0 Å². The molecule has 2 saturated carbocycles. The molecule has 2 rings (SSSR count). The zero-order valence-corrected chi connectivity index (χ0v) is 12.0. The molecule has 19 heavy (non-hydrogen) atoms. The van der Waals surface area contributed by atoms with Crippen molar-refractivity contribution in [1.82, 2.24) is 0 Å². The summed E-state index contributed by atoms with van der Waals surface area (Å²) in [6.45, 7) is 1.79. The third-order valence-electron chi connectivity index (χ3n) is 5.64. The van der Waals surface area contributed by atoms with Gasteiger partial charge in [0.15, 0.2) is 0 Å². The Labute approximate surface area is 115 Å². The molecular weight excluding hydrogens is 249 g/mol. The standard InChI is InChI=1S/C16H27F3/c1-2-11-5-6-12(8-11)13-9-14(10-13)15(16(18)19)4-3-7-17/h11-16H,2-10H2,1H3. The highest BCUT2D eigenvalue weighted by Gasteiger charge is 2.43. The number of alkyl halides is 3. The third-order valence-corrected chi connectivity index (χ3v) is 5.64. The minimum atomic E-state index is -2.26. The van der Waals surface area contributed by atoms with E-state index in [0.29, 0.717) is 18.8 Å². The van der Waals surface area contributed by atoms with Crippen LogP contribution in [0.5, 0.6) is 0 Å². The average molecular weight is 276 g/mol. The zero-order valence-electron chi connectivity index (χ0n) is 12.0. The molecule has 0 N–H and O–H groups in total. The highest BCUT2D eigenvalue weighted by Crippen LogP contribution is 2.51. The van der Waals surface area contributed by atoms with Gasteiger partial charge in [-0.1, -0.05) is 19.8 Å². The molecule has 0 aromatic heterocycles. The first-order valence-electron chi connectivity index (χ1n) is 7.99. The molecule has 2 aliphatic carbocycles. The van der Waals surface area contributed by atoms with Crippen LogP contribution in [0.15, 0.2) is 0 Å². The van der Waals surface area contributed by atoms with Gasteiger partial charge in [0.1, 0.15) is 0 Å². The van der Waals surface area contributed by atoms with E-state index >= 15 is 0 Å². The van der Waals surface area contributed by atoms with Crippen LogP contribution < -0.4 is 0 Å². The van der Waals surface area contributed by atoms with Crippen molar-refractivity contribution >= 4 is 0 Å². The van der Waals surface area contributed by atoms with Gasteiger partial charge in [-0.05, 0) is 62.2 Å². The van der Waals surface area contributed by atoms with Crippen LogP contribution in [0, 0.1) is 29.6 Å². The predicted molar refractivity (Wildman–Crippen MR) is 72.0 cm³/mol. The summed E-state index contributed by atoms with van der Waals surface area (Å²) in [7, 11) is 0. The summed E-state index contributed by atoms with van der Waals surface area (Å²) in [5.41, 5.74) is 0. The van der Waals surface area contributed by atoms with Crippen molar-refractivity contribution < 1.29 is 13.2 Å². The van der Waals surface area contributed by atoms with E-state index < -0.39 is 19.0 Å². The van der Waals surface area contributed by atoms with Gasteiger partial charge in [0.25, 0.3) is 0 Å². The molecule has 3 heteroatoms. The third kappa shape index (κ3) is 3.66. The summed E-state index contributed by atoms with van der Waals surface area (Å²) >= 11 is 0. The van der Waals surface area contributed by atoms with E-state index in [1.807, 2.05) is 0 Å². The van der Waals surface area contributed by atoms with Gasteiger partial charge in [0.2, 0.25) is 6.43 Å². The van der Waals surface area contributed by atoms with E-state index in [9.17, 15) is 13.2 Å². The molecule has 3 atom stereocenters. The summed E-state index contributed by atoms with van der Waals surface area (Å²) in [5, 5.41) is 0. The summed E-state index contributed by atoms with van der Waals surface area (Å²) in [5.74, 6) is 1.97. The van der Waals surface area contributed by atoms with E-state index in [1.54, 1.807) is 0 Å². The molecule has 3 unspecified atom stereocenters. The van der Waals surface area contributed by atoms with Gasteiger partial charge in [-0.15, -0.1) is 0 Å². The Morgan fingerprint density at radius 3 is 2.32 bits per heavy atom. The Kier molecular flexibility index (Phi) is 5.58. The maximum absolute atomic E-state index is 13.0. The van der Waals surface area contributed by atoms with Crippen LogP contribution in [0.4, 0.5) is 13.2 Å². The van der Waals surface area contributed by atoms with Gasteiger partial charge >= 0.3 is 0 Å². The van der Waals surface area contributed by atoms with Crippen molar-refractivity contribution in [2.45, 2.75) is 64.7 Å². The lowest BCUT2D eigenvalue weighted by Crippen LogP contribution is -2.37. The van der Waals surface area contributed by atoms with E-state index in [2.05, 4.69) is 6.92 Å². The number of hydrogen-bond donors (Lipinski definition) is 0. The van der Waals surface area contributed by atoms with Crippen molar-refractivity contribution in [1.29, 1.82) is 0 Å². The molecule has 112 valence electrons. The molecule has 0 spiro atoms. The molecule has 0 heterocycles. The van der Waals surface area contributed by atoms with Gasteiger partial charge in [-0.2, -0.15) is 0 Å². The molecule has 2 aliphatic rings. The highest BCUT2D eigenvalue weighted by molar-refractivity contribution is 4.91. The molecular formula is C16H27F3. The predicted octanol–water partition coefficient (Wildman–Crippen LogP) is 5.47. The first-order chi connectivity index (χ1) is 9.15. The Balaban J connectivity index is 1.74. The normalized spacial score (nSPS) is 36.5. The second-order valence-corrected chi connectivity index (χ2v) is 6.67. The summed E-state index contributed by atoms with van der Waals surface area (Å²) < 4.78 is 38.1. The second-order valence-electron chi connectivity index (χ2n) is 6.67. The van der Waals surface area contributed by atoms with E-state index in [0.717, 1.165) is 24.7 Å². The van der Waals surface area contributed by atoms with Gasteiger partial charge in [-0.25, -0.2) is 8.78 Å². The maximum atomic E-state index is 13.0. The summed E-state index contributed by atoms with van der Waals surface area (Å²) in [4.78, 5) is 0. The first-order valence-corrected chi connectivity index (χ1v) is 7.99. The fourth-order valence-corrected chi connectivity index (χ4v) is 4.24. The SMILES string of the molecule is CCC1CCC(C2CC(C(CCCF)C(F)F)C2)C1. The van der Waals surface area contributed by atoms with E-state index in [4.69, 9.17) is 0 Å². The Morgan fingerprint density at radius 2 is 1.79 bits per heavy atom. The summed E-state index contributed by atoms with van der Waals surface area (Å²) in [6.07, 6.45) is 5.59. The lowest BCUT2D eigenvalue weighted by Gasteiger charge is -2.43. The fourth-order valence-electron chi connectivity index (χ4n) is 4.24. The summed E-state index contributed by atoms with van der Waals surface area (Å²) in [6, 6.07) is 0. The Hall–Kier alpha value is -0.210. The second kappa shape index (κ2) is 6.99. The fraction of sp³-hybridized carbons (Fsp3) is 1.00. The quantitative estimate of drug-likeness (QED) is 0.578. The lowest BCUT2D eigenvalue weighted by molar-refractivity contribution is -0.0223. The van der Waals surface area contributed by atoms with Crippen molar-refractivity contribution in [3.8, 4) is 0 Å². The van der Waals surface area contributed by atoms with Gasteiger partial charge < -0.3 is 0 Å². The van der Waals surface area contributed by atoms with Crippen LogP contribution in [-0.4, -0.2) is 13.1 Å². The van der Waals surface area contributed by atoms with Gasteiger partial charge in [0.05, 0.1) is 6.67 Å². The first kappa shape index (κ1) is 15.2. The molecule has 0 radical (unpaired) electrons. The molecule has 2 fully saturated rings. The van der Waals surface area contributed by atoms with Gasteiger partial charge in [-0.3, -0.25) is 4.39 Å². The van der Waals surface area contributed by atoms with Crippen LogP contribution in [0.3, 0.4) is 0 Å². The molecule has 0 aliphatic heterocycles. The van der Waals surface area contributed by atoms with Crippen LogP contribution in [0.2, 0.25) is 0 Å². The largest absolute Gasteiger partial charge is 0.251 e. The minimum Gasteiger partial charge on any atom is -0.251 e. The minimum absolute atomic E-state index is 0.164. The highest BCUT2D eigenvalue weighted by atomic mass is 19.3. The molecule has 0 saturated heterocycles. The monoisotopic (exact) mass is 276 g/mol. The van der Waals surface area contributed by atoms with Crippen LogP contribution in [0.25, 0.3) is 0 Å². The zero-order chi connectivity index (χ0) is 13.8. The molecule has 0 bridgehead atoms. The van der Waals surface area contributed by atoms with Crippen LogP contribution in [0.1, 0.15) is 58.3 Å². The Bertz CT molecular complexity index is 261. The number of hydrogen-bond acceptors (Lipinski definition) is 0. The van der Waals surface area contributed by atoms with Crippen molar-refractivity contribution in [2.75, 3.05) is 6.67 Å². The smallest absolute Gasteiger partial charge is 0.241 e. The molecule has 0 aromatic carbocycles. The van der Waals surface area contributed by atoms with Crippen molar-refractivity contribution in [2.24, 2.45) is 29.6 Å². The van der Waals surface area contributed by atoms with Crippen LogP contribution >= 0.6 is 0 Å².